The van der Waals surface area contributed by atoms with Crippen LogP contribution in [0.5, 0.6) is 0 Å². The van der Waals surface area contributed by atoms with Gasteiger partial charge in [-0.25, -0.2) is 0 Å². The molecule has 1 amide bonds. The Labute approximate surface area is 125 Å². The predicted octanol–water partition coefficient (Wildman–Crippen LogP) is 1.23. The van der Waals surface area contributed by atoms with Gasteiger partial charge in [-0.1, -0.05) is 6.07 Å². The van der Waals surface area contributed by atoms with Crippen LogP contribution >= 0.6 is 0 Å². The number of hydrogen-bond acceptors (Lipinski definition) is 4. The fraction of sp³-hybridized carbons (Fsp3) is 0.562. The van der Waals surface area contributed by atoms with E-state index in [0.29, 0.717) is 11.6 Å². The maximum absolute atomic E-state index is 11.8. The summed E-state index contributed by atoms with van der Waals surface area (Å²) in [4.78, 5) is 18.0. The standard InChI is InChI=1S/C16H23N3O2/c1-17-8-4-5-12(17)10-18(2)11-6-7-13-14(9-11)19(3)16(21)15(13)20/h6-7,9,12,15,20H,4-5,8,10H2,1-3H3. The van der Waals surface area contributed by atoms with Crippen molar-refractivity contribution in [3.63, 3.8) is 0 Å². The lowest BCUT2D eigenvalue weighted by molar-refractivity contribution is -0.125. The third kappa shape index (κ3) is 2.40. The number of rotatable bonds is 3. The SMILES string of the molecule is CN(CC1CCCN1C)c1ccc2c(c1)N(C)C(=O)C2O. The van der Waals surface area contributed by atoms with E-state index in [2.05, 4.69) is 23.9 Å². The minimum Gasteiger partial charge on any atom is -0.378 e. The number of hydrogen-bond donors (Lipinski definition) is 1. The average Bonchev–Trinajstić information content (AvgIpc) is 2.97. The highest BCUT2D eigenvalue weighted by Gasteiger charge is 2.34. The molecule has 2 heterocycles. The van der Waals surface area contributed by atoms with Crippen LogP contribution in [0.15, 0.2) is 18.2 Å². The fourth-order valence-electron chi connectivity index (χ4n) is 3.36. The molecule has 2 unspecified atom stereocenters. The van der Waals surface area contributed by atoms with E-state index in [4.69, 9.17) is 0 Å². The van der Waals surface area contributed by atoms with Crippen LogP contribution < -0.4 is 9.80 Å². The molecule has 0 radical (unpaired) electrons. The van der Waals surface area contributed by atoms with Gasteiger partial charge < -0.3 is 19.8 Å². The molecule has 114 valence electrons. The van der Waals surface area contributed by atoms with E-state index in [9.17, 15) is 9.90 Å². The number of nitrogens with zero attached hydrogens (tertiary/aromatic N) is 3. The maximum Gasteiger partial charge on any atom is 0.260 e. The lowest BCUT2D eigenvalue weighted by atomic mass is 10.1. The molecular weight excluding hydrogens is 266 g/mol. The van der Waals surface area contributed by atoms with E-state index in [1.807, 2.05) is 18.2 Å². The lowest BCUT2D eigenvalue weighted by Crippen LogP contribution is -2.36. The zero-order chi connectivity index (χ0) is 15.1. The fourth-order valence-corrected chi connectivity index (χ4v) is 3.36. The Morgan fingerprint density at radius 3 is 2.81 bits per heavy atom. The topological polar surface area (TPSA) is 47.0 Å². The molecule has 1 saturated heterocycles. The van der Waals surface area contributed by atoms with E-state index >= 15 is 0 Å². The minimum atomic E-state index is -1.01. The Balaban J connectivity index is 1.79. The first-order chi connectivity index (χ1) is 9.99. The van der Waals surface area contributed by atoms with Gasteiger partial charge in [0.1, 0.15) is 0 Å². The van der Waals surface area contributed by atoms with Crippen molar-refractivity contribution in [1.29, 1.82) is 0 Å². The molecule has 0 aliphatic carbocycles. The van der Waals surface area contributed by atoms with E-state index in [1.54, 1.807) is 11.9 Å². The molecule has 0 saturated carbocycles. The Kier molecular flexibility index (Phi) is 3.63. The minimum absolute atomic E-state index is 0.250. The molecule has 1 aromatic carbocycles. The number of benzene rings is 1. The monoisotopic (exact) mass is 289 g/mol. The summed E-state index contributed by atoms with van der Waals surface area (Å²) >= 11 is 0. The second kappa shape index (κ2) is 5.31. The quantitative estimate of drug-likeness (QED) is 0.909. The Hall–Kier alpha value is -1.59. The lowest BCUT2D eigenvalue weighted by Gasteiger charge is -2.28. The maximum atomic E-state index is 11.8. The molecule has 2 aliphatic heterocycles. The van der Waals surface area contributed by atoms with Crippen molar-refractivity contribution in [3.8, 4) is 0 Å². The zero-order valence-electron chi connectivity index (χ0n) is 12.9. The van der Waals surface area contributed by atoms with Crippen LogP contribution in [0, 0.1) is 0 Å². The average molecular weight is 289 g/mol. The van der Waals surface area contributed by atoms with Crippen LogP contribution in [0.25, 0.3) is 0 Å². The van der Waals surface area contributed by atoms with Crippen molar-refractivity contribution in [3.05, 3.63) is 23.8 Å². The van der Waals surface area contributed by atoms with Crippen LogP contribution in [0.1, 0.15) is 24.5 Å². The van der Waals surface area contributed by atoms with Crippen LogP contribution in [0.4, 0.5) is 11.4 Å². The molecule has 5 heteroatoms. The number of carbonyl (C=O) groups excluding carboxylic acids is 1. The first kappa shape index (κ1) is 14.4. The van der Waals surface area contributed by atoms with Gasteiger partial charge in [0.25, 0.3) is 5.91 Å². The number of anilines is 2. The van der Waals surface area contributed by atoms with Gasteiger partial charge in [-0.15, -0.1) is 0 Å². The summed E-state index contributed by atoms with van der Waals surface area (Å²) < 4.78 is 0. The summed E-state index contributed by atoms with van der Waals surface area (Å²) in [7, 11) is 5.98. The number of likely N-dealkylation sites (N-methyl/N-ethyl adjacent to an activating group) is 3. The molecule has 0 aromatic heterocycles. The highest BCUT2D eigenvalue weighted by atomic mass is 16.3. The molecule has 1 N–H and O–H groups in total. The van der Waals surface area contributed by atoms with Gasteiger partial charge in [0, 0.05) is 37.9 Å². The predicted molar refractivity (Wildman–Crippen MR) is 83.7 cm³/mol. The first-order valence-corrected chi connectivity index (χ1v) is 7.50. The summed E-state index contributed by atoms with van der Waals surface area (Å²) in [6, 6.07) is 6.45. The summed E-state index contributed by atoms with van der Waals surface area (Å²) in [5, 5.41) is 9.90. The smallest absolute Gasteiger partial charge is 0.260 e. The van der Waals surface area contributed by atoms with E-state index in [-0.39, 0.29) is 5.91 Å². The molecule has 0 bridgehead atoms. The second-order valence-corrected chi connectivity index (χ2v) is 6.20. The second-order valence-electron chi connectivity index (χ2n) is 6.20. The molecule has 1 fully saturated rings. The van der Waals surface area contributed by atoms with Crippen molar-refractivity contribution in [2.24, 2.45) is 0 Å². The number of aliphatic hydroxyl groups is 1. The van der Waals surface area contributed by atoms with Crippen molar-refractivity contribution >= 4 is 17.3 Å². The molecule has 1 aromatic rings. The number of likely N-dealkylation sites (tertiary alicyclic amines) is 1. The molecule has 2 atom stereocenters. The van der Waals surface area contributed by atoms with Gasteiger partial charge >= 0.3 is 0 Å². The van der Waals surface area contributed by atoms with Crippen LogP contribution in [-0.4, -0.2) is 56.2 Å². The van der Waals surface area contributed by atoms with E-state index in [0.717, 1.165) is 17.9 Å². The molecule has 21 heavy (non-hydrogen) atoms. The van der Waals surface area contributed by atoms with Gasteiger partial charge in [-0.3, -0.25) is 4.79 Å². The molecule has 2 aliphatic rings. The van der Waals surface area contributed by atoms with Crippen LogP contribution in [-0.2, 0) is 4.79 Å². The summed E-state index contributed by atoms with van der Waals surface area (Å²) in [5.74, 6) is -0.250. The van der Waals surface area contributed by atoms with Crippen LogP contribution in [0.2, 0.25) is 0 Å². The van der Waals surface area contributed by atoms with E-state index in [1.165, 1.54) is 19.4 Å². The zero-order valence-corrected chi connectivity index (χ0v) is 12.9. The van der Waals surface area contributed by atoms with Crippen molar-refractivity contribution in [2.75, 3.05) is 44.0 Å². The number of aliphatic hydroxyl groups excluding tert-OH is 1. The van der Waals surface area contributed by atoms with E-state index < -0.39 is 6.10 Å². The largest absolute Gasteiger partial charge is 0.378 e. The molecule has 5 nitrogen and oxygen atoms in total. The molecule has 3 rings (SSSR count). The van der Waals surface area contributed by atoms with Gasteiger partial charge in [0.15, 0.2) is 6.10 Å². The Bertz CT molecular complexity index is 560. The third-order valence-corrected chi connectivity index (χ3v) is 4.83. The van der Waals surface area contributed by atoms with Gasteiger partial charge in [0.2, 0.25) is 0 Å². The van der Waals surface area contributed by atoms with Crippen molar-refractivity contribution in [1.82, 2.24) is 4.90 Å². The molecule has 0 spiro atoms. The first-order valence-electron chi connectivity index (χ1n) is 7.50. The van der Waals surface area contributed by atoms with Crippen molar-refractivity contribution in [2.45, 2.75) is 25.0 Å². The summed E-state index contributed by atoms with van der Waals surface area (Å²) in [6.07, 6.45) is 1.50. The third-order valence-electron chi connectivity index (χ3n) is 4.83. The Morgan fingerprint density at radius 1 is 1.38 bits per heavy atom. The highest BCUT2D eigenvalue weighted by molar-refractivity contribution is 6.03. The number of carbonyl (C=O) groups is 1. The normalized spacial score (nSPS) is 25.5. The highest BCUT2D eigenvalue weighted by Crippen LogP contribution is 2.37. The Morgan fingerprint density at radius 2 is 2.14 bits per heavy atom. The van der Waals surface area contributed by atoms with Gasteiger partial charge in [0.05, 0.1) is 5.69 Å². The summed E-state index contributed by atoms with van der Waals surface area (Å²) in [5.41, 5.74) is 2.61. The van der Waals surface area contributed by atoms with Crippen molar-refractivity contribution < 1.29 is 9.90 Å². The summed E-state index contributed by atoms with van der Waals surface area (Å²) in [6.45, 7) is 2.15. The van der Waals surface area contributed by atoms with Crippen LogP contribution in [0.3, 0.4) is 0 Å². The van der Waals surface area contributed by atoms with Gasteiger partial charge in [-0.05, 0) is 38.6 Å². The number of fused-ring (bicyclic) bond motifs is 1. The van der Waals surface area contributed by atoms with Gasteiger partial charge in [-0.2, -0.15) is 0 Å². The molecular formula is C16H23N3O2. The number of amides is 1.